The summed E-state index contributed by atoms with van der Waals surface area (Å²) in [5.41, 5.74) is 1.10. The van der Waals surface area contributed by atoms with Gasteiger partial charge in [0.1, 0.15) is 6.04 Å². The summed E-state index contributed by atoms with van der Waals surface area (Å²) in [7, 11) is 0. The number of hydrogen-bond donors (Lipinski definition) is 2. The van der Waals surface area contributed by atoms with E-state index < -0.39 is 6.04 Å². The van der Waals surface area contributed by atoms with E-state index in [2.05, 4.69) is 10.6 Å². The van der Waals surface area contributed by atoms with Gasteiger partial charge in [-0.3, -0.25) is 14.4 Å². The first-order chi connectivity index (χ1) is 13.0. The number of carbonyl (C=O) groups is 3. The van der Waals surface area contributed by atoms with Crippen LogP contribution < -0.4 is 10.6 Å². The van der Waals surface area contributed by atoms with E-state index in [9.17, 15) is 14.4 Å². The number of benzene rings is 1. The molecule has 0 aliphatic carbocycles. The summed E-state index contributed by atoms with van der Waals surface area (Å²) in [6, 6.07) is 9.61. The molecule has 2 atom stereocenters. The van der Waals surface area contributed by atoms with Crippen LogP contribution in [0.15, 0.2) is 47.1 Å². The lowest BCUT2D eigenvalue weighted by Crippen LogP contribution is -2.48. The van der Waals surface area contributed by atoms with Crippen LogP contribution in [0.1, 0.15) is 30.3 Å². The average molecular weight is 385 g/mol. The van der Waals surface area contributed by atoms with Crippen molar-refractivity contribution in [2.24, 2.45) is 0 Å². The molecule has 8 heteroatoms. The average Bonchev–Trinajstić information content (AvgIpc) is 3.33. The van der Waals surface area contributed by atoms with Crippen molar-refractivity contribution in [1.29, 1.82) is 0 Å². The predicted octanol–water partition coefficient (Wildman–Crippen LogP) is 2.92. The number of amides is 3. The minimum absolute atomic E-state index is 0.0297. The number of hydrogen-bond acceptors (Lipinski definition) is 5. The fourth-order valence-corrected chi connectivity index (χ4v) is 4.95. The quantitative estimate of drug-likeness (QED) is 0.844. The molecule has 1 aromatic carbocycles. The molecule has 4 rings (SSSR count). The van der Waals surface area contributed by atoms with Gasteiger partial charge in [-0.2, -0.15) is 0 Å². The number of furan rings is 1. The largest absolute Gasteiger partial charge is 0.459 e. The van der Waals surface area contributed by atoms with Gasteiger partial charge in [-0.15, -0.1) is 11.8 Å². The molecule has 0 unspecified atom stereocenters. The van der Waals surface area contributed by atoms with Gasteiger partial charge in [-0.05, 0) is 43.7 Å². The molecule has 2 fully saturated rings. The number of rotatable bonds is 4. The molecule has 0 saturated carbocycles. The second kappa shape index (κ2) is 6.77. The smallest absolute Gasteiger partial charge is 0.291 e. The van der Waals surface area contributed by atoms with Crippen LogP contribution in [-0.4, -0.2) is 39.3 Å². The van der Waals surface area contributed by atoms with Gasteiger partial charge in [0.15, 0.2) is 5.76 Å². The Balaban J connectivity index is 1.45. The highest BCUT2D eigenvalue weighted by molar-refractivity contribution is 8.01. The van der Waals surface area contributed by atoms with Crippen LogP contribution in [0.3, 0.4) is 0 Å². The summed E-state index contributed by atoms with van der Waals surface area (Å²) in [4.78, 5) is 38.5. The minimum Gasteiger partial charge on any atom is -0.459 e. The fraction of sp³-hybridized carbons (Fsp3) is 0.316. The molecular formula is C19H19N3O4S. The van der Waals surface area contributed by atoms with Gasteiger partial charge in [0.2, 0.25) is 11.8 Å². The van der Waals surface area contributed by atoms with Gasteiger partial charge < -0.3 is 20.0 Å². The second-order valence-electron chi connectivity index (χ2n) is 6.77. The Kier molecular flexibility index (Phi) is 4.43. The van der Waals surface area contributed by atoms with Crippen molar-refractivity contribution in [3.8, 4) is 0 Å². The summed E-state index contributed by atoms with van der Waals surface area (Å²) >= 11 is 1.65. The van der Waals surface area contributed by atoms with Gasteiger partial charge in [-0.1, -0.05) is 6.07 Å². The lowest BCUT2D eigenvalue weighted by atomic mass is 10.2. The van der Waals surface area contributed by atoms with Gasteiger partial charge in [0.05, 0.1) is 11.1 Å². The highest BCUT2D eigenvalue weighted by Crippen LogP contribution is 2.47. The number of fused-ring (bicyclic) bond motifs is 1. The number of nitrogens with zero attached hydrogens (tertiary/aromatic N) is 1. The number of nitrogens with one attached hydrogen (secondary N) is 2. The molecule has 2 aromatic rings. The third-order valence-electron chi connectivity index (χ3n) is 4.88. The lowest BCUT2D eigenvalue weighted by Gasteiger charge is -2.29. The summed E-state index contributed by atoms with van der Waals surface area (Å²) in [6.45, 7) is 2.01. The number of thioether (sulfide) groups is 1. The topological polar surface area (TPSA) is 91.7 Å². The molecule has 2 aliphatic heterocycles. The molecule has 27 heavy (non-hydrogen) atoms. The molecular weight excluding hydrogens is 366 g/mol. The van der Waals surface area contributed by atoms with Crippen LogP contribution in [0, 0.1) is 0 Å². The molecule has 3 amide bonds. The Labute approximate surface area is 160 Å². The van der Waals surface area contributed by atoms with Crippen molar-refractivity contribution in [2.45, 2.75) is 30.7 Å². The van der Waals surface area contributed by atoms with Crippen LogP contribution in [0.2, 0.25) is 0 Å². The Hall–Kier alpha value is -2.74. The van der Waals surface area contributed by atoms with E-state index in [1.807, 2.05) is 6.92 Å². The van der Waals surface area contributed by atoms with Crippen LogP contribution in [0.5, 0.6) is 0 Å². The Bertz CT molecular complexity index is 898. The predicted molar refractivity (Wildman–Crippen MR) is 102 cm³/mol. The zero-order chi connectivity index (χ0) is 19.0. The monoisotopic (exact) mass is 385 g/mol. The van der Waals surface area contributed by atoms with E-state index in [0.29, 0.717) is 23.5 Å². The van der Waals surface area contributed by atoms with E-state index >= 15 is 0 Å². The highest BCUT2D eigenvalue weighted by atomic mass is 32.2. The molecule has 2 aliphatic rings. The van der Waals surface area contributed by atoms with Crippen molar-refractivity contribution in [2.75, 3.05) is 16.4 Å². The minimum atomic E-state index is -0.476. The summed E-state index contributed by atoms with van der Waals surface area (Å²) in [5, 5.41) is 5.59. The number of carbonyl (C=O) groups excluding carboxylic acids is 3. The summed E-state index contributed by atoms with van der Waals surface area (Å²) in [5.74, 6) is 0.245. The Morgan fingerprint density at radius 3 is 2.74 bits per heavy atom. The molecule has 2 saturated heterocycles. The first kappa shape index (κ1) is 17.7. The van der Waals surface area contributed by atoms with Crippen molar-refractivity contribution >= 4 is 40.9 Å². The van der Waals surface area contributed by atoms with Crippen molar-refractivity contribution < 1.29 is 18.8 Å². The maximum Gasteiger partial charge on any atom is 0.291 e. The summed E-state index contributed by atoms with van der Waals surface area (Å²) < 4.78 is 5.07. The lowest BCUT2D eigenvalue weighted by molar-refractivity contribution is -0.135. The van der Waals surface area contributed by atoms with Gasteiger partial charge in [0.25, 0.3) is 5.91 Å². The highest BCUT2D eigenvalue weighted by Gasteiger charge is 2.52. The molecule has 7 nitrogen and oxygen atoms in total. The van der Waals surface area contributed by atoms with Gasteiger partial charge in [-0.25, -0.2) is 0 Å². The van der Waals surface area contributed by atoms with Crippen LogP contribution in [0.4, 0.5) is 11.4 Å². The standard InChI is InChI=1S/C19H19N3O4S/c1-19-8-7-16(23)22(19)14(11-27-19)17(24)20-12-4-2-5-13(10-12)21-18(25)15-6-3-9-26-15/h2-6,9-10,14H,7-8,11H2,1H3,(H,20,24)(H,21,25)/t14-,19+/m1/s1. The van der Waals surface area contributed by atoms with Gasteiger partial charge >= 0.3 is 0 Å². The zero-order valence-corrected chi connectivity index (χ0v) is 15.5. The summed E-state index contributed by atoms with van der Waals surface area (Å²) in [6.07, 6.45) is 2.69. The molecule has 3 heterocycles. The van der Waals surface area contributed by atoms with Crippen LogP contribution in [-0.2, 0) is 9.59 Å². The molecule has 140 valence electrons. The SMILES string of the molecule is C[C@]12CCC(=O)N1[C@@H](C(=O)Nc1cccc(NC(=O)c3ccco3)c1)CS2. The fourth-order valence-electron chi connectivity index (χ4n) is 3.52. The van der Waals surface area contributed by atoms with E-state index in [1.54, 1.807) is 53.1 Å². The Morgan fingerprint density at radius 2 is 2.00 bits per heavy atom. The first-order valence-corrected chi connectivity index (χ1v) is 9.67. The van der Waals surface area contributed by atoms with E-state index in [1.165, 1.54) is 6.26 Å². The normalized spacial score (nSPS) is 24.0. The molecule has 0 bridgehead atoms. The third kappa shape index (κ3) is 3.32. The van der Waals surface area contributed by atoms with Gasteiger partial charge in [0, 0.05) is 23.5 Å². The maximum atomic E-state index is 12.7. The first-order valence-electron chi connectivity index (χ1n) is 8.68. The van der Waals surface area contributed by atoms with E-state index in [4.69, 9.17) is 4.42 Å². The zero-order valence-electron chi connectivity index (χ0n) is 14.7. The van der Waals surface area contributed by atoms with Crippen LogP contribution >= 0.6 is 11.8 Å². The molecule has 0 spiro atoms. The molecule has 1 aromatic heterocycles. The van der Waals surface area contributed by atoms with Crippen molar-refractivity contribution in [1.82, 2.24) is 4.90 Å². The Morgan fingerprint density at radius 1 is 1.22 bits per heavy atom. The van der Waals surface area contributed by atoms with E-state index in [0.717, 1.165) is 6.42 Å². The maximum absolute atomic E-state index is 12.7. The van der Waals surface area contributed by atoms with E-state index in [-0.39, 0.29) is 28.4 Å². The molecule has 2 N–H and O–H groups in total. The number of anilines is 2. The molecule has 0 radical (unpaired) electrons. The van der Waals surface area contributed by atoms with Crippen molar-refractivity contribution in [3.63, 3.8) is 0 Å². The third-order valence-corrected chi connectivity index (χ3v) is 6.39. The van der Waals surface area contributed by atoms with Crippen molar-refractivity contribution in [3.05, 3.63) is 48.4 Å². The second-order valence-corrected chi connectivity index (χ2v) is 8.27. The van der Waals surface area contributed by atoms with Crippen LogP contribution in [0.25, 0.3) is 0 Å².